The van der Waals surface area contributed by atoms with Crippen molar-refractivity contribution < 1.29 is 9.53 Å². The molecule has 24 heavy (non-hydrogen) atoms. The Kier molecular flexibility index (Phi) is 4.72. The minimum Gasteiger partial charge on any atom is -0.480 e. The largest absolute Gasteiger partial charge is 0.480 e. The van der Waals surface area contributed by atoms with E-state index >= 15 is 0 Å². The summed E-state index contributed by atoms with van der Waals surface area (Å²) in [5.41, 5.74) is 2.75. The molecule has 0 fully saturated rings. The summed E-state index contributed by atoms with van der Waals surface area (Å²) < 4.78 is 5.00. The van der Waals surface area contributed by atoms with Gasteiger partial charge in [-0.1, -0.05) is 23.7 Å². The number of hydrogen-bond donors (Lipinski definition) is 1. The topological polar surface area (TPSA) is 64.1 Å². The Morgan fingerprint density at radius 1 is 1.04 bits per heavy atom. The lowest BCUT2D eigenvalue weighted by molar-refractivity contribution is 0.102. The summed E-state index contributed by atoms with van der Waals surface area (Å²) in [6, 6.07) is 17.7. The maximum Gasteiger partial charge on any atom is 0.255 e. The number of nitrogens with one attached hydrogen (secondary N) is 1. The lowest BCUT2D eigenvalue weighted by atomic mass is 10.1. The Morgan fingerprint density at radius 2 is 1.83 bits per heavy atom. The van der Waals surface area contributed by atoms with Crippen LogP contribution < -0.4 is 10.1 Å². The molecule has 2 aromatic carbocycles. The molecular formula is C18H14ClN3O2. The van der Waals surface area contributed by atoms with Crippen molar-refractivity contribution in [3.05, 3.63) is 71.2 Å². The zero-order valence-electron chi connectivity index (χ0n) is 12.9. The zero-order chi connectivity index (χ0) is 16.9. The summed E-state index contributed by atoms with van der Waals surface area (Å²) in [5, 5.41) is 11.5. The quantitative estimate of drug-likeness (QED) is 0.778. The van der Waals surface area contributed by atoms with Gasteiger partial charge in [-0.2, -0.15) is 0 Å². The predicted molar refractivity (Wildman–Crippen MR) is 93.4 cm³/mol. The maximum atomic E-state index is 12.3. The molecule has 0 unspecified atom stereocenters. The summed E-state index contributed by atoms with van der Waals surface area (Å²) >= 11 is 5.83. The van der Waals surface area contributed by atoms with Crippen molar-refractivity contribution in [2.75, 3.05) is 12.4 Å². The fourth-order valence-electron chi connectivity index (χ4n) is 2.14. The number of nitrogens with zero attached hydrogens (tertiary/aromatic N) is 2. The van der Waals surface area contributed by atoms with Crippen molar-refractivity contribution in [1.29, 1.82) is 0 Å². The Bertz CT molecular complexity index is 849. The third kappa shape index (κ3) is 3.70. The molecule has 1 heterocycles. The van der Waals surface area contributed by atoms with Gasteiger partial charge in [0.05, 0.1) is 12.8 Å². The van der Waals surface area contributed by atoms with Gasteiger partial charge in [0.1, 0.15) is 0 Å². The predicted octanol–water partition coefficient (Wildman–Crippen LogP) is 4.06. The highest BCUT2D eigenvalue weighted by atomic mass is 35.5. The van der Waals surface area contributed by atoms with Crippen LogP contribution in [0.25, 0.3) is 11.3 Å². The second-order valence-electron chi connectivity index (χ2n) is 5.00. The highest BCUT2D eigenvalue weighted by molar-refractivity contribution is 6.30. The number of benzene rings is 2. The van der Waals surface area contributed by atoms with Gasteiger partial charge >= 0.3 is 0 Å². The first-order valence-electron chi connectivity index (χ1n) is 7.21. The van der Waals surface area contributed by atoms with Crippen molar-refractivity contribution in [3.63, 3.8) is 0 Å². The Balaban J connectivity index is 1.79. The summed E-state index contributed by atoms with van der Waals surface area (Å²) in [6.07, 6.45) is 0. The van der Waals surface area contributed by atoms with Crippen LogP contribution in [-0.4, -0.2) is 23.2 Å². The number of carbonyl (C=O) groups is 1. The number of anilines is 1. The molecule has 0 saturated carbocycles. The summed E-state index contributed by atoms with van der Waals surface area (Å²) in [4.78, 5) is 12.3. The van der Waals surface area contributed by atoms with Gasteiger partial charge in [-0.25, -0.2) is 0 Å². The fraction of sp³-hybridized carbons (Fsp3) is 0.0556. The highest BCUT2D eigenvalue weighted by Gasteiger charge is 2.07. The smallest absolute Gasteiger partial charge is 0.255 e. The Morgan fingerprint density at radius 3 is 2.50 bits per heavy atom. The number of aromatic nitrogens is 2. The van der Waals surface area contributed by atoms with Crippen molar-refractivity contribution >= 4 is 23.2 Å². The van der Waals surface area contributed by atoms with E-state index in [9.17, 15) is 4.79 Å². The SMILES string of the molecule is COc1ccc(-c2cccc(NC(=O)c3ccc(Cl)cc3)c2)nn1. The maximum absolute atomic E-state index is 12.3. The van der Waals surface area contributed by atoms with E-state index in [4.69, 9.17) is 16.3 Å². The Labute approximate surface area is 144 Å². The highest BCUT2D eigenvalue weighted by Crippen LogP contribution is 2.22. The average Bonchev–Trinajstić information content (AvgIpc) is 2.62. The lowest BCUT2D eigenvalue weighted by Crippen LogP contribution is -2.11. The van der Waals surface area contributed by atoms with Gasteiger partial charge in [0.25, 0.3) is 5.91 Å². The Hall–Kier alpha value is -2.92. The molecule has 1 N–H and O–H groups in total. The van der Waals surface area contributed by atoms with Gasteiger partial charge in [-0.05, 0) is 42.5 Å². The second kappa shape index (κ2) is 7.10. The monoisotopic (exact) mass is 339 g/mol. The molecule has 0 spiro atoms. The molecule has 0 aliphatic heterocycles. The molecular weight excluding hydrogens is 326 g/mol. The van der Waals surface area contributed by atoms with Crippen LogP contribution in [0, 0.1) is 0 Å². The summed E-state index contributed by atoms with van der Waals surface area (Å²) in [5.74, 6) is 0.246. The molecule has 0 radical (unpaired) electrons. The zero-order valence-corrected chi connectivity index (χ0v) is 13.6. The van der Waals surface area contributed by atoms with Gasteiger partial charge < -0.3 is 10.1 Å². The van der Waals surface area contributed by atoms with Crippen LogP contribution in [0.1, 0.15) is 10.4 Å². The number of ether oxygens (including phenoxy) is 1. The van der Waals surface area contributed by atoms with Gasteiger partial charge in [0, 0.05) is 27.9 Å². The van der Waals surface area contributed by atoms with Crippen molar-refractivity contribution in [2.45, 2.75) is 0 Å². The molecule has 6 heteroatoms. The third-order valence-electron chi connectivity index (χ3n) is 3.37. The molecule has 120 valence electrons. The number of methoxy groups -OCH3 is 1. The van der Waals surface area contributed by atoms with Crippen LogP contribution in [0.2, 0.25) is 5.02 Å². The molecule has 0 bridgehead atoms. The standard InChI is InChI=1S/C18H14ClN3O2/c1-24-17-10-9-16(21-22-17)13-3-2-4-15(11-13)20-18(23)12-5-7-14(19)8-6-12/h2-11H,1H3,(H,20,23). The summed E-state index contributed by atoms with van der Waals surface area (Å²) in [7, 11) is 1.54. The fourth-order valence-corrected chi connectivity index (χ4v) is 2.27. The van der Waals surface area contributed by atoms with Crippen LogP contribution in [0.15, 0.2) is 60.7 Å². The molecule has 0 atom stereocenters. The van der Waals surface area contributed by atoms with E-state index in [0.717, 1.165) is 5.56 Å². The number of halogens is 1. The number of amides is 1. The van der Waals surface area contributed by atoms with E-state index in [1.54, 1.807) is 30.3 Å². The molecule has 3 aromatic rings. The van der Waals surface area contributed by atoms with E-state index in [-0.39, 0.29) is 5.91 Å². The first-order chi connectivity index (χ1) is 11.7. The van der Waals surface area contributed by atoms with Crippen LogP contribution in [-0.2, 0) is 0 Å². The number of carbonyl (C=O) groups excluding carboxylic acids is 1. The van der Waals surface area contributed by atoms with Crippen LogP contribution in [0.5, 0.6) is 5.88 Å². The van der Waals surface area contributed by atoms with Gasteiger partial charge in [0.2, 0.25) is 5.88 Å². The average molecular weight is 340 g/mol. The molecule has 3 rings (SSSR count). The van der Waals surface area contributed by atoms with E-state index in [1.807, 2.05) is 30.3 Å². The van der Waals surface area contributed by atoms with Crippen LogP contribution >= 0.6 is 11.6 Å². The molecule has 5 nitrogen and oxygen atoms in total. The van der Waals surface area contributed by atoms with Crippen molar-refractivity contribution in [1.82, 2.24) is 10.2 Å². The van der Waals surface area contributed by atoms with Gasteiger partial charge in [-0.15, -0.1) is 10.2 Å². The van der Waals surface area contributed by atoms with E-state index in [1.165, 1.54) is 7.11 Å². The third-order valence-corrected chi connectivity index (χ3v) is 3.62. The molecule has 1 amide bonds. The minimum absolute atomic E-state index is 0.204. The van der Waals surface area contributed by atoms with Crippen molar-refractivity contribution in [2.24, 2.45) is 0 Å². The lowest BCUT2D eigenvalue weighted by Gasteiger charge is -2.07. The number of hydrogen-bond acceptors (Lipinski definition) is 4. The van der Waals surface area contributed by atoms with E-state index in [2.05, 4.69) is 15.5 Å². The van der Waals surface area contributed by atoms with Gasteiger partial charge in [0.15, 0.2) is 0 Å². The number of rotatable bonds is 4. The summed E-state index contributed by atoms with van der Waals surface area (Å²) in [6.45, 7) is 0. The van der Waals surface area contributed by atoms with E-state index < -0.39 is 0 Å². The minimum atomic E-state index is -0.204. The molecule has 1 aromatic heterocycles. The first-order valence-corrected chi connectivity index (χ1v) is 7.58. The van der Waals surface area contributed by atoms with Crippen LogP contribution in [0.3, 0.4) is 0 Å². The molecule has 0 saturated heterocycles. The second-order valence-corrected chi connectivity index (χ2v) is 5.44. The van der Waals surface area contributed by atoms with E-state index in [0.29, 0.717) is 27.8 Å². The van der Waals surface area contributed by atoms with Gasteiger partial charge in [-0.3, -0.25) is 4.79 Å². The first kappa shape index (κ1) is 16.0. The van der Waals surface area contributed by atoms with Crippen molar-refractivity contribution in [3.8, 4) is 17.1 Å². The molecule has 0 aliphatic carbocycles. The van der Waals surface area contributed by atoms with Crippen LogP contribution in [0.4, 0.5) is 5.69 Å². The normalized spacial score (nSPS) is 10.2. The molecule has 0 aliphatic rings.